The van der Waals surface area contributed by atoms with Crippen molar-refractivity contribution < 1.29 is 19.4 Å². The van der Waals surface area contributed by atoms with Crippen molar-refractivity contribution in [2.45, 2.75) is 238 Å². The van der Waals surface area contributed by atoms with Crippen LogP contribution in [-0.4, -0.2) is 42.8 Å². The lowest BCUT2D eigenvalue weighted by atomic mass is 10.0. The average molecular weight is 733 g/mol. The summed E-state index contributed by atoms with van der Waals surface area (Å²) in [5.74, 6) is -0.673. The molecule has 1 atom stereocenters. The predicted molar refractivity (Wildman–Crippen MR) is 225 cm³/mol. The molecule has 6 heteroatoms. The molecule has 0 aliphatic heterocycles. The van der Waals surface area contributed by atoms with Gasteiger partial charge in [-0.3, -0.25) is 9.59 Å². The highest BCUT2D eigenvalue weighted by Gasteiger charge is 2.05. The standard InChI is InChI=1S/C46H88N2O4/c1-2-3-4-5-32-37-42-52-46(51)40-35-30-26-22-18-14-10-7-11-15-19-23-27-31-36-41-48-44(43-47)38-33-28-24-20-16-12-8-6-9-13-17-21-25-29-34-39-45(49)50/h6-7,9-10,44,48H,2-5,8,11-43,47H2,1H3,(H,49,50). The lowest BCUT2D eigenvalue weighted by Crippen LogP contribution is -2.36. The van der Waals surface area contributed by atoms with Crippen LogP contribution in [-0.2, 0) is 14.3 Å². The fourth-order valence-corrected chi connectivity index (χ4v) is 6.81. The maximum Gasteiger partial charge on any atom is 0.305 e. The quantitative estimate of drug-likeness (QED) is 0.0328. The Morgan fingerprint density at radius 3 is 1.42 bits per heavy atom. The number of hydrogen-bond acceptors (Lipinski definition) is 5. The lowest BCUT2D eigenvalue weighted by Gasteiger charge is -2.16. The second-order valence-electron chi connectivity index (χ2n) is 15.4. The number of hydrogen-bond donors (Lipinski definition) is 3. The van der Waals surface area contributed by atoms with Crippen LogP contribution < -0.4 is 11.1 Å². The van der Waals surface area contributed by atoms with E-state index in [0.29, 0.717) is 25.5 Å². The molecule has 0 spiro atoms. The number of nitrogens with two attached hydrogens (primary N) is 1. The van der Waals surface area contributed by atoms with Gasteiger partial charge in [0.1, 0.15) is 0 Å². The van der Waals surface area contributed by atoms with E-state index in [1.54, 1.807) is 0 Å². The molecule has 0 aromatic rings. The zero-order valence-electron chi connectivity index (χ0n) is 34.5. The first-order chi connectivity index (χ1) is 25.6. The van der Waals surface area contributed by atoms with Crippen molar-refractivity contribution in [2.24, 2.45) is 5.73 Å². The van der Waals surface area contributed by atoms with Crippen LogP contribution in [0.4, 0.5) is 0 Å². The summed E-state index contributed by atoms with van der Waals surface area (Å²) in [5.41, 5.74) is 6.05. The van der Waals surface area contributed by atoms with Crippen molar-refractivity contribution in [3.63, 3.8) is 0 Å². The first-order valence-electron chi connectivity index (χ1n) is 22.7. The molecule has 306 valence electrons. The summed E-state index contributed by atoms with van der Waals surface area (Å²) >= 11 is 0. The number of carbonyl (C=O) groups is 2. The fraction of sp³-hybridized carbons (Fsp3) is 0.870. The van der Waals surface area contributed by atoms with Gasteiger partial charge in [-0.25, -0.2) is 0 Å². The molecule has 0 aliphatic carbocycles. The van der Waals surface area contributed by atoms with Gasteiger partial charge in [0.05, 0.1) is 6.61 Å². The minimum absolute atomic E-state index is 0.00247. The molecule has 0 heterocycles. The third-order valence-electron chi connectivity index (χ3n) is 10.3. The second kappa shape index (κ2) is 43.7. The van der Waals surface area contributed by atoms with Crippen LogP contribution in [0.25, 0.3) is 0 Å². The summed E-state index contributed by atoms with van der Waals surface area (Å²) in [6, 6.07) is 0.483. The minimum Gasteiger partial charge on any atom is -0.481 e. The van der Waals surface area contributed by atoms with Crippen molar-refractivity contribution in [3.05, 3.63) is 24.3 Å². The van der Waals surface area contributed by atoms with E-state index in [4.69, 9.17) is 15.6 Å². The highest BCUT2D eigenvalue weighted by molar-refractivity contribution is 5.69. The Labute approximate surface area is 323 Å². The largest absolute Gasteiger partial charge is 0.481 e. The van der Waals surface area contributed by atoms with Gasteiger partial charge < -0.3 is 20.9 Å². The molecule has 52 heavy (non-hydrogen) atoms. The molecule has 0 aromatic heterocycles. The summed E-state index contributed by atoms with van der Waals surface area (Å²) in [6.07, 6.45) is 51.0. The van der Waals surface area contributed by atoms with Gasteiger partial charge in [-0.1, -0.05) is 160 Å². The van der Waals surface area contributed by atoms with Gasteiger partial charge >= 0.3 is 11.9 Å². The van der Waals surface area contributed by atoms with Crippen molar-refractivity contribution in [1.82, 2.24) is 5.32 Å². The van der Waals surface area contributed by atoms with Gasteiger partial charge in [0.2, 0.25) is 0 Å². The molecule has 6 nitrogen and oxygen atoms in total. The van der Waals surface area contributed by atoms with Crippen LogP contribution in [0.2, 0.25) is 0 Å². The number of rotatable bonds is 43. The topological polar surface area (TPSA) is 102 Å². The number of ether oxygens (including phenoxy) is 1. The van der Waals surface area contributed by atoms with E-state index in [9.17, 15) is 9.59 Å². The Bertz CT molecular complexity index is 799. The molecule has 0 amide bonds. The zero-order valence-corrected chi connectivity index (χ0v) is 34.5. The molecule has 0 radical (unpaired) electrons. The Balaban J connectivity index is 3.36. The van der Waals surface area contributed by atoms with E-state index in [1.165, 1.54) is 173 Å². The number of aliphatic carboxylic acids is 1. The Hall–Kier alpha value is -1.66. The molecule has 0 aliphatic rings. The smallest absolute Gasteiger partial charge is 0.305 e. The SMILES string of the molecule is CCCCCCCCOC(=O)CCCCCCCC=CCCCCCCCCNC(CN)CCCCCCCCC=CCCCCCCCC(=O)O. The zero-order chi connectivity index (χ0) is 37.8. The van der Waals surface area contributed by atoms with Crippen molar-refractivity contribution >= 4 is 11.9 Å². The summed E-state index contributed by atoms with van der Waals surface area (Å²) < 4.78 is 5.37. The van der Waals surface area contributed by atoms with Crippen LogP contribution in [0.15, 0.2) is 24.3 Å². The van der Waals surface area contributed by atoms with Gasteiger partial charge in [0, 0.05) is 25.4 Å². The van der Waals surface area contributed by atoms with Gasteiger partial charge in [-0.05, 0) is 90.0 Å². The number of allylic oxidation sites excluding steroid dienone is 4. The van der Waals surface area contributed by atoms with E-state index in [1.807, 2.05) is 0 Å². The highest BCUT2D eigenvalue weighted by Crippen LogP contribution is 2.13. The normalized spacial score (nSPS) is 12.3. The third kappa shape index (κ3) is 42.8. The molecular weight excluding hydrogens is 645 g/mol. The van der Waals surface area contributed by atoms with Crippen molar-refractivity contribution in [2.75, 3.05) is 19.7 Å². The van der Waals surface area contributed by atoms with E-state index in [-0.39, 0.29) is 5.97 Å². The molecule has 0 saturated carbocycles. The van der Waals surface area contributed by atoms with Crippen LogP contribution >= 0.6 is 0 Å². The third-order valence-corrected chi connectivity index (χ3v) is 10.3. The van der Waals surface area contributed by atoms with E-state index in [2.05, 4.69) is 36.5 Å². The minimum atomic E-state index is -0.670. The van der Waals surface area contributed by atoms with Gasteiger partial charge in [0.15, 0.2) is 0 Å². The number of unbranched alkanes of at least 4 members (excludes halogenated alkanes) is 27. The highest BCUT2D eigenvalue weighted by atomic mass is 16.5. The fourth-order valence-electron chi connectivity index (χ4n) is 6.81. The summed E-state index contributed by atoms with van der Waals surface area (Å²) in [5, 5.41) is 12.4. The van der Waals surface area contributed by atoms with Gasteiger partial charge in [0.25, 0.3) is 0 Å². The van der Waals surface area contributed by atoms with Crippen LogP contribution in [0.1, 0.15) is 232 Å². The maximum atomic E-state index is 11.8. The summed E-state index contributed by atoms with van der Waals surface area (Å²) in [7, 11) is 0. The molecule has 0 bridgehead atoms. The molecule has 0 saturated heterocycles. The van der Waals surface area contributed by atoms with Crippen LogP contribution in [0.5, 0.6) is 0 Å². The number of nitrogens with one attached hydrogen (secondary N) is 1. The average Bonchev–Trinajstić information content (AvgIpc) is 3.14. The molecule has 0 fully saturated rings. The Morgan fingerprint density at radius 1 is 0.538 bits per heavy atom. The second-order valence-corrected chi connectivity index (χ2v) is 15.4. The van der Waals surface area contributed by atoms with E-state index in [0.717, 1.165) is 51.6 Å². The number of carbonyl (C=O) groups excluding carboxylic acids is 1. The van der Waals surface area contributed by atoms with Crippen molar-refractivity contribution in [1.29, 1.82) is 0 Å². The molecule has 0 aromatic carbocycles. The molecular formula is C46H88N2O4. The lowest BCUT2D eigenvalue weighted by molar-refractivity contribution is -0.144. The summed E-state index contributed by atoms with van der Waals surface area (Å²) in [6.45, 7) is 4.70. The molecule has 0 rings (SSSR count). The first kappa shape index (κ1) is 50.3. The predicted octanol–water partition coefficient (Wildman–Crippen LogP) is 13.3. The monoisotopic (exact) mass is 733 g/mol. The number of carboxylic acids is 1. The van der Waals surface area contributed by atoms with E-state index >= 15 is 0 Å². The maximum absolute atomic E-state index is 11.8. The molecule has 1 unspecified atom stereocenters. The van der Waals surface area contributed by atoms with Crippen LogP contribution in [0, 0.1) is 0 Å². The Kier molecular flexibility index (Phi) is 42.3. The number of esters is 1. The number of carboxylic acid groups (broad SMARTS) is 1. The van der Waals surface area contributed by atoms with E-state index < -0.39 is 5.97 Å². The van der Waals surface area contributed by atoms with Gasteiger partial charge in [-0.2, -0.15) is 0 Å². The van der Waals surface area contributed by atoms with Gasteiger partial charge in [-0.15, -0.1) is 0 Å². The summed E-state index contributed by atoms with van der Waals surface area (Å²) in [4.78, 5) is 22.3. The molecule has 4 N–H and O–H groups in total. The first-order valence-corrected chi connectivity index (χ1v) is 22.7. The van der Waals surface area contributed by atoms with Crippen LogP contribution in [0.3, 0.4) is 0 Å². The Morgan fingerprint density at radius 2 is 0.942 bits per heavy atom. The van der Waals surface area contributed by atoms with Crippen molar-refractivity contribution in [3.8, 4) is 0 Å².